The fourth-order valence-electron chi connectivity index (χ4n) is 7.11. The lowest BCUT2D eigenvalue weighted by molar-refractivity contribution is -0.160. The molecule has 0 aromatic rings. The number of carbonyl (C=O) groups excluding carboxylic acids is 2. The van der Waals surface area contributed by atoms with Gasteiger partial charge in [0.15, 0.2) is 0 Å². The summed E-state index contributed by atoms with van der Waals surface area (Å²) in [6.07, 6.45) is 9.67. The van der Waals surface area contributed by atoms with E-state index in [4.69, 9.17) is 0 Å². The number of piperazine rings is 1. The summed E-state index contributed by atoms with van der Waals surface area (Å²) in [5.41, 5.74) is -0.0376. The van der Waals surface area contributed by atoms with Crippen molar-refractivity contribution in [3.05, 3.63) is 0 Å². The number of carbonyl (C=O) groups is 2. The Morgan fingerprint density at radius 3 is 2.31 bits per heavy atom. The predicted molar refractivity (Wildman–Crippen MR) is 102 cm³/mol. The van der Waals surface area contributed by atoms with Crippen LogP contribution in [0.15, 0.2) is 0 Å². The Morgan fingerprint density at radius 2 is 1.69 bits per heavy atom. The lowest BCUT2D eigenvalue weighted by Gasteiger charge is -2.57. The molecule has 0 aromatic carbocycles. The largest absolute Gasteiger partial charge is 0.340 e. The molecule has 0 spiro atoms. The van der Waals surface area contributed by atoms with Gasteiger partial charge in [-0.15, -0.1) is 12.4 Å². The van der Waals surface area contributed by atoms with Gasteiger partial charge in [0.2, 0.25) is 11.8 Å². The van der Waals surface area contributed by atoms with E-state index in [-0.39, 0.29) is 29.8 Å². The minimum absolute atomic E-state index is 0. The molecule has 4 bridgehead atoms. The van der Waals surface area contributed by atoms with Crippen molar-refractivity contribution in [2.45, 2.75) is 57.4 Å². The van der Waals surface area contributed by atoms with Crippen LogP contribution in [0.5, 0.6) is 0 Å². The standard InChI is InChI=1S/C20H31N3O2.ClH/c24-18-12-21-3-5-23(18)17-2-1-4-22(13-17)19(25)20-9-14-6-15(10-20)8-16(7-14)11-20;/h14-17,21H,1-13H2;1H. The van der Waals surface area contributed by atoms with Crippen LogP contribution in [-0.2, 0) is 9.59 Å². The van der Waals surface area contributed by atoms with Gasteiger partial charge in [-0.1, -0.05) is 0 Å². The average Bonchev–Trinajstić information content (AvgIpc) is 2.60. The van der Waals surface area contributed by atoms with E-state index in [0.29, 0.717) is 12.5 Å². The summed E-state index contributed by atoms with van der Waals surface area (Å²) in [5, 5.41) is 3.15. The van der Waals surface area contributed by atoms with E-state index in [1.54, 1.807) is 0 Å². The second-order valence-electron chi connectivity index (χ2n) is 9.51. The Hall–Kier alpha value is -0.810. The predicted octanol–water partition coefficient (Wildman–Crippen LogP) is 2.05. The van der Waals surface area contributed by atoms with Crippen LogP contribution in [0.4, 0.5) is 0 Å². The first kappa shape index (κ1) is 18.5. The third-order valence-corrected chi connectivity index (χ3v) is 7.74. The molecule has 6 fully saturated rings. The molecule has 26 heavy (non-hydrogen) atoms. The van der Waals surface area contributed by atoms with Crippen molar-refractivity contribution in [2.75, 3.05) is 32.7 Å². The van der Waals surface area contributed by atoms with Crippen molar-refractivity contribution in [2.24, 2.45) is 23.2 Å². The summed E-state index contributed by atoms with van der Waals surface area (Å²) < 4.78 is 0. The molecule has 5 nitrogen and oxygen atoms in total. The van der Waals surface area contributed by atoms with Gasteiger partial charge in [-0.05, 0) is 69.1 Å². The molecule has 6 rings (SSSR count). The molecule has 1 unspecified atom stereocenters. The average molecular weight is 382 g/mol. The Balaban J connectivity index is 0.00000168. The number of nitrogens with zero attached hydrogens (tertiary/aromatic N) is 2. The van der Waals surface area contributed by atoms with Crippen LogP contribution in [0.3, 0.4) is 0 Å². The number of likely N-dealkylation sites (tertiary alicyclic amines) is 1. The molecule has 1 N–H and O–H groups in total. The zero-order chi connectivity index (χ0) is 17.0. The Kier molecular flexibility index (Phi) is 4.98. The first-order valence-corrected chi connectivity index (χ1v) is 10.4. The molecule has 2 heterocycles. The minimum Gasteiger partial charge on any atom is -0.340 e. The fourth-order valence-corrected chi connectivity index (χ4v) is 7.11. The van der Waals surface area contributed by atoms with Gasteiger partial charge in [0.25, 0.3) is 0 Å². The number of hydrogen-bond acceptors (Lipinski definition) is 3. The monoisotopic (exact) mass is 381 g/mol. The van der Waals surface area contributed by atoms with Crippen LogP contribution >= 0.6 is 12.4 Å². The highest BCUT2D eigenvalue weighted by atomic mass is 35.5. The van der Waals surface area contributed by atoms with Gasteiger partial charge in [0.1, 0.15) is 0 Å². The maximum atomic E-state index is 13.6. The Labute approximate surface area is 162 Å². The molecular weight excluding hydrogens is 350 g/mol. The zero-order valence-corrected chi connectivity index (χ0v) is 16.4. The molecule has 4 saturated carbocycles. The molecule has 6 heteroatoms. The molecule has 2 aliphatic heterocycles. The van der Waals surface area contributed by atoms with E-state index in [0.717, 1.165) is 76.0 Å². The molecule has 6 aliphatic rings. The summed E-state index contributed by atoms with van der Waals surface area (Å²) in [6, 6.07) is 0.237. The van der Waals surface area contributed by atoms with E-state index >= 15 is 0 Å². The first-order valence-electron chi connectivity index (χ1n) is 10.4. The third kappa shape index (κ3) is 3.05. The van der Waals surface area contributed by atoms with E-state index in [1.165, 1.54) is 19.3 Å². The van der Waals surface area contributed by atoms with Crippen molar-refractivity contribution < 1.29 is 9.59 Å². The molecule has 146 valence electrons. The number of rotatable bonds is 2. The number of hydrogen-bond donors (Lipinski definition) is 1. The third-order valence-electron chi connectivity index (χ3n) is 7.74. The van der Waals surface area contributed by atoms with Crippen LogP contribution in [0, 0.1) is 23.2 Å². The summed E-state index contributed by atoms with van der Waals surface area (Å²) >= 11 is 0. The van der Waals surface area contributed by atoms with E-state index in [1.807, 2.05) is 4.90 Å². The topological polar surface area (TPSA) is 52.7 Å². The van der Waals surface area contributed by atoms with Crippen LogP contribution in [0.1, 0.15) is 51.4 Å². The second-order valence-corrected chi connectivity index (χ2v) is 9.51. The lowest BCUT2D eigenvalue weighted by Crippen LogP contribution is -2.60. The number of piperidine rings is 1. The van der Waals surface area contributed by atoms with Crippen molar-refractivity contribution in [1.82, 2.24) is 15.1 Å². The number of amides is 2. The molecule has 0 radical (unpaired) electrons. The summed E-state index contributed by atoms with van der Waals surface area (Å²) in [6.45, 7) is 3.80. The van der Waals surface area contributed by atoms with Crippen LogP contribution in [0.25, 0.3) is 0 Å². The van der Waals surface area contributed by atoms with Gasteiger partial charge in [0, 0.05) is 32.2 Å². The number of nitrogens with one attached hydrogen (secondary N) is 1. The van der Waals surface area contributed by atoms with E-state index in [9.17, 15) is 9.59 Å². The SMILES string of the molecule is Cl.O=C1CNCCN1C1CCCN(C(=O)C23CC4CC(CC(C4)C2)C3)C1. The van der Waals surface area contributed by atoms with Crippen LogP contribution in [-0.4, -0.2) is 60.4 Å². The van der Waals surface area contributed by atoms with Crippen molar-refractivity contribution in [1.29, 1.82) is 0 Å². The van der Waals surface area contributed by atoms with E-state index in [2.05, 4.69) is 10.2 Å². The molecule has 1 atom stereocenters. The molecule has 2 amide bonds. The normalized spacial score (nSPS) is 41.9. The summed E-state index contributed by atoms with van der Waals surface area (Å²) in [7, 11) is 0. The van der Waals surface area contributed by atoms with Gasteiger partial charge in [-0.25, -0.2) is 0 Å². The summed E-state index contributed by atoms with van der Waals surface area (Å²) in [4.78, 5) is 30.0. The van der Waals surface area contributed by atoms with Gasteiger partial charge >= 0.3 is 0 Å². The second kappa shape index (κ2) is 6.97. The van der Waals surface area contributed by atoms with E-state index < -0.39 is 0 Å². The summed E-state index contributed by atoms with van der Waals surface area (Å²) in [5.74, 6) is 3.08. The van der Waals surface area contributed by atoms with Gasteiger partial charge in [-0.3, -0.25) is 9.59 Å². The van der Waals surface area contributed by atoms with Crippen LogP contribution in [0.2, 0.25) is 0 Å². The van der Waals surface area contributed by atoms with Gasteiger partial charge < -0.3 is 15.1 Å². The minimum atomic E-state index is -0.0376. The quantitative estimate of drug-likeness (QED) is 0.796. The first-order chi connectivity index (χ1) is 12.1. The highest BCUT2D eigenvalue weighted by Crippen LogP contribution is 2.60. The van der Waals surface area contributed by atoms with Gasteiger partial charge in [0.05, 0.1) is 12.0 Å². The highest BCUT2D eigenvalue weighted by molar-refractivity contribution is 5.85. The smallest absolute Gasteiger partial charge is 0.236 e. The Morgan fingerprint density at radius 1 is 1.04 bits per heavy atom. The van der Waals surface area contributed by atoms with Crippen molar-refractivity contribution in [3.63, 3.8) is 0 Å². The maximum Gasteiger partial charge on any atom is 0.236 e. The Bertz CT molecular complexity index is 546. The molecule has 4 aliphatic carbocycles. The zero-order valence-electron chi connectivity index (χ0n) is 15.6. The van der Waals surface area contributed by atoms with Crippen molar-refractivity contribution >= 4 is 24.2 Å². The van der Waals surface area contributed by atoms with Crippen LogP contribution < -0.4 is 5.32 Å². The molecule has 0 aromatic heterocycles. The molecule has 2 saturated heterocycles. The number of halogens is 1. The fraction of sp³-hybridized carbons (Fsp3) is 0.900. The molecular formula is C20H32ClN3O2. The van der Waals surface area contributed by atoms with Crippen molar-refractivity contribution in [3.8, 4) is 0 Å². The lowest BCUT2D eigenvalue weighted by atomic mass is 9.49. The maximum absolute atomic E-state index is 13.6. The van der Waals surface area contributed by atoms with Gasteiger partial charge in [-0.2, -0.15) is 0 Å². The highest BCUT2D eigenvalue weighted by Gasteiger charge is 2.55.